The molecular weight excluding hydrogens is 1000 g/mol. The van der Waals surface area contributed by atoms with Crippen LogP contribution in [0.5, 0.6) is 23.0 Å². The van der Waals surface area contributed by atoms with Crippen molar-refractivity contribution in [3.8, 4) is 23.0 Å². The first-order chi connectivity index (χ1) is 32.2. The van der Waals surface area contributed by atoms with Gasteiger partial charge < -0.3 is 42.7 Å². The monoisotopic (exact) mass is 1070 g/mol. The van der Waals surface area contributed by atoms with Gasteiger partial charge in [-0.05, 0) is 158 Å². The fourth-order valence-electron chi connectivity index (χ4n) is 7.84. The molecule has 68 heavy (non-hydrogen) atoms. The molecule has 0 atom stereocenters. The van der Waals surface area contributed by atoms with E-state index in [0.29, 0.717) is 74.6 Å². The van der Waals surface area contributed by atoms with Crippen LogP contribution in [0.15, 0.2) is 48.5 Å². The highest BCUT2D eigenvalue weighted by atomic mass is 127. The van der Waals surface area contributed by atoms with Gasteiger partial charge >= 0.3 is 23.9 Å². The van der Waals surface area contributed by atoms with E-state index in [-0.39, 0.29) is 48.6 Å². The number of halogens is 1. The summed E-state index contributed by atoms with van der Waals surface area (Å²) >= 11 is 2.23. The maximum atomic E-state index is 12.6. The Labute approximate surface area is 416 Å². The van der Waals surface area contributed by atoms with E-state index in [2.05, 4.69) is 68.6 Å². The van der Waals surface area contributed by atoms with Crippen molar-refractivity contribution in [2.24, 2.45) is 0 Å². The van der Waals surface area contributed by atoms with Gasteiger partial charge in [-0.2, -0.15) is 0 Å². The molecule has 0 amide bonds. The molecule has 0 unspecified atom stereocenters. The number of hydrogen-bond acceptors (Lipinski definition) is 12. The van der Waals surface area contributed by atoms with Gasteiger partial charge in [-0.1, -0.05) is 39.0 Å². The number of aryl methyl sites for hydroxylation is 4. The van der Waals surface area contributed by atoms with Crippen molar-refractivity contribution in [2.75, 3.05) is 49.8 Å². The molecule has 0 saturated heterocycles. The summed E-state index contributed by atoms with van der Waals surface area (Å²) in [7, 11) is 8.47. The van der Waals surface area contributed by atoms with Gasteiger partial charge in [0.1, 0.15) is 23.0 Å². The van der Waals surface area contributed by atoms with Gasteiger partial charge in [0, 0.05) is 44.9 Å². The number of carbonyl (C=O) groups excluding carboxylic acids is 3. The molecule has 4 aromatic carbocycles. The first-order valence-corrected chi connectivity index (χ1v) is 26.7. The van der Waals surface area contributed by atoms with Gasteiger partial charge in [-0.15, -0.1) is 0 Å². The summed E-state index contributed by atoms with van der Waals surface area (Å²) in [5.74, 6) is 0.730. The second-order valence-corrected chi connectivity index (χ2v) is 24.2. The molecule has 0 heterocycles. The number of rotatable bonds is 25. The second-order valence-electron chi connectivity index (χ2n) is 18.3. The van der Waals surface area contributed by atoms with E-state index in [0.717, 1.165) is 64.8 Å². The Balaban J connectivity index is 1.85. The molecule has 0 radical (unpaired) electrons. The van der Waals surface area contributed by atoms with Crippen LogP contribution in [0.25, 0.3) is 0 Å². The summed E-state index contributed by atoms with van der Waals surface area (Å²) in [6.07, 6.45) is 3.27. The summed E-state index contributed by atoms with van der Waals surface area (Å²) in [6, 6.07) is 16.1. The van der Waals surface area contributed by atoms with Crippen LogP contribution in [0.3, 0.4) is 0 Å². The lowest BCUT2D eigenvalue weighted by Gasteiger charge is -2.36. The summed E-state index contributed by atoms with van der Waals surface area (Å²) in [6.45, 7) is 11.3. The molecule has 13 nitrogen and oxygen atoms in total. The van der Waals surface area contributed by atoms with Gasteiger partial charge in [-0.3, -0.25) is 19.2 Å². The van der Waals surface area contributed by atoms with E-state index in [1.165, 1.54) is 21.3 Å². The maximum Gasteiger partial charge on any atom is 0.305 e. The first kappa shape index (κ1) is 55.5. The molecular formula is C53H69IO13Si. The lowest BCUT2D eigenvalue weighted by atomic mass is 9.88. The predicted octanol–water partition coefficient (Wildman–Crippen LogP) is 9.95. The molecule has 4 rings (SSSR count). The Hall–Kier alpha value is -5.13. The number of hydrogen-bond donors (Lipinski definition) is 1. The molecule has 0 aliphatic carbocycles. The van der Waals surface area contributed by atoms with Crippen LogP contribution in [0.4, 0.5) is 0 Å². The third kappa shape index (κ3) is 15.2. The summed E-state index contributed by atoms with van der Waals surface area (Å²) in [4.78, 5) is 49.3. The molecule has 0 aliphatic rings. The molecule has 0 spiro atoms. The van der Waals surface area contributed by atoms with E-state index < -0.39 is 14.3 Å². The Morgan fingerprint density at radius 1 is 0.471 bits per heavy atom. The SMILES string of the molecule is COC(=O)CCc1cc(I)c(OC)cc1Cc1cc(CCC(=O)OC)c(Cc2cc(CCC(=O)OC)c(Cc3cc(CCC(=O)O)c(CO[Si](C)(C)C(C)(C)C)cc3OC)cc2OC)cc1OC. The highest BCUT2D eigenvalue weighted by Crippen LogP contribution is 2.39. The largest absolute Gasteiger partial charge is 0.496 e. The van der Waals surface area contributed by atoms with Gasteiger partial charge in [0.15, 0.2) is 8.32 Å². The van der Waals surface area contributed by atoms with Crippen molar-refractivity contribution >= 4 is 54.8 Å². The Morgan fingerprint density at radius 3 is 1.13 bits per heavy atom. The predicted molar refractivity (Wildman–Crippen MR) is 272 cm³/mol. The van der Waals surface area contributed by atoms with Crippen molar-refractivity contribution in [1.29, 1.82) is 0 Å². The van der Waals surface area contributed by atoms with Gasteiger partial charge in [0.2, 0.25) is 0 Å². The smallest absolute Gasteiger partial charge is 0.305 e. The van der Waals surface area contributed by atoms with Crippen LogP contribution in [0, 0.1) is 3.57 Å². The average molecular weight is 1070 g/mol. The van der Waals surface area contributed by atoms with E-state index >= 15 is 0 Å². The minimum absolute atomic E-state index is 0.0141. The fourth-order valence-corrected chi connectivity index (χ4v) is 9.54. The number of methoxy groups -OCH3 is 7. The second kappa shape index (κ2) is 25.5. The van der Waals surface area contributed by atoms with E-state index in [1.807, 2.05) is 36.4 Å². The normalized spacial score (nSPS) is 11.5. The number of benzene rings is 4. The van der Waals surface area contributed by atoms with E-state index in [4.69, 9.17) is 37.6 Å². The molecule has 4 aromatic rings. The van der Waals surface area contributed by atoms with Crippen molar-refractivity contribution in [1.82, 2.24) is 0 Å². The number of carbonyl (C=O) groups is 4. The highest BCUT2D eigenvalue weighted by molar-refractivity contribution is 14.1. The minimum atomic E-state index is -2.14. The van der Waals surface area contributed by atoms with Gasteiger partial charge in [0.05, 0.1) is 59.9 Å². The highest BCUT2D eigenvalue weighted by Gasteiger charge is 2.37. The lowest BCUT2D eigenvalue weighted by molar-refractivity contribution is -0.141. The molecule has 0 aliphatic heterocycles. The zero-order valence-electron chi connectivity index (χ0n) is 41.8. The number of carboxylic acids is 1. The van der Waals surface area contributed by atoms with E-state index in [9.17, 15) is 24.3 Å². The number of ether oxygens (including phenoxy) is 7. The molecule has 0 fully saturated rings. The molecule has 0 aromatic heterocycles. The molecule has 0 bridgehead atoms. The van der Waals surface area contributed by atoms with Crippen molar-refractivity contribution in [3.05, 3.63) is 113 Å². The molecule has 370 valence electrons. The Morgan fingerprint density at radius 2 is 0.794 bits per heavy atom. The summed E-state index contributed by atoms with van der Waals surface area (Å²) in [5, 5.41) is 9.69. The molecule has 1 N–H and O–H groups in total. The summed E-state index contributed by atoms with van der Waals surface area (Å²) in [5.41, 5.74) is 9.91. The first-order valence-electron chi connectivity index (χ1n) is 22.7. The van der Waals surface area contributed by atoms with Crippen molar-refractivity contribution in [3.63, 3.8) is 0 Å². The average Bonchev–Trinajstić information content (AvgIpc) is 3.31. The van der Waals surface area contributed by atoms with E-state index in [1.54, 1.807) is 28.4 Å². The molecule has 15 heteroatoms. The third-order valence-corrected chi connectivity index (χ3v) is 18.2. The minimum Gasteiger partial charge on any atom is -0.496 e. The summed E-state index contributed by atoms with van der Waals surface area (Å²) < 4.78 is 46.5. The zero-order chi connectivity index (χ0) is 50.3. The number of carboxylic acid groups (broad SMARTS) is 1. The van der Waals surface area contributed by atoms with Gasteiger partial charge in [-0.25, -0.2) is 0 Å². The fraction of sp³-hybridized carbons (Fsp3) is 0.472. The third-order valence-electron chi connectivity index (χ3n) is 12.9. The maximum absolute atomic E-state index is 12.6. The Kier molecular flexibility index (Phi) is 20.8. The van der Waals surface area contributed by atoms with Crippen molar-refractivity contribution in [2.45, 2.75) is 116 Å². The lowest BCUT2D eigenvalue weighted by Crippen LogP contribution is -2.40. The van der Waals surface area contributed by atoms with Crippen LogP contribution in [-0.4, -0.2) is 87.1 Å². The van der Waals surface area contributed by atoms with Crippen LogP contribution in [0.2, 0.25) is 18.1 Å². The standard InChI is InChI=1S/C53H69IO13Si/c1-53(2,3)68(11,12)67-32-43-31-47(62-6)42(23-35(43)13-17-49(55)56)25-38-29-45(60-4)40(21-33(38)14-18-50(57)64-8)24-37-28-46(61-5)41(22-34(37)15-19-51(58)65-9)26-39-30-48(63-7)44(54)27-36(39)16-20-52(59)66-10/h21-23,27-31H,13-20,24-26,32H2,1-12H3,(H,55,56). The zero-order valence-corrected chi connectivity index (χ0v) is 45.0. The molecule has 0 saturated carbocycles. The van der Waals surface area contributed by atoms with Crippen LogP contribution in [0.1, 0.15) is 108 Å². The quantitative estimate of drug-likeness (QED) is 0.0289. The number of esters is 3. The van der Waals surface area contributed by atoms with Crippen LogP contribution >= 0.6 is 22.6 Å². The van der Waals surface area contributed by atoms with Gasteiger partial charge in [0.25, 0.3) is 0 Å². The van der Waals surface area contributed by atoms with Crippen molar-refractivity contribution < 1.29 is 61.9 Å². The topological polar surface area (TPSA) is 162 Å². The number of aliphatic carboxylic acids is 1. The Bertz CT molecular complexity index is 2420. The van der Waals surface area contributed by atoms with Crippen LogP contribution in [-0.2, 0) is 89.4 Å². The van der Waals surface area contributed by atoms with Crippen LogP contribution < -0.4 is 18.9 Å².